The predicted octanol–water partition coefficient (Wildman–Crippen LogP) is 2.86. The largest absolute Gasteiger partial charge is 0.379 e. The Bertz CT molecular complexity index is 560. The number of ether oxygens (including phenoxy) is 2. The van der Waals surface area contributed by atoms with E-state index in [4.69, 9.17) is 9.47 Å². The molecule has 0 aromatic heterocycles. The summed E-state index contributed by atoms with van der Waals surface area (Å²) in [6.45, 7) is 13.3. The van der Waals surface area contributed by atoms with Crippen LogP contribution in [-0.4, -0.2) is 63.4 Å². The third-order valence-corrected chi connectivity index (χ3v) is 4.94. The molecule has 0 amide bonds. The number of benzene rings is 1. The summed E-state index contributed by atoms with van der Waals surface area (Å²) in [7, 11) is 1.82. The Morgan fingerprint density at radius 1 is 1.14 bits per heavy atom. The average molecular weight is 504 g/mol. The van der Waals surface area contributed by atoms with Gasteiger partial charge in [-0.1, -0.05) is 38.1 Å². The summed E-state index contributed by atoms with van der Waals surface area (Å²) in [6, 6.07) is 9.00. The molecule has 0 aliphatic carbocycles. The first kappa shape index (κ1) is 25.1. The molecule has 1 aromatic rings. The topological polar surface area (TPSA) is 58.1 Å². The molecule has 1 aliphatic rings. The zero-order valence-corrected chi connectivity index (χ0v) is 20.1. The molecule has 1 fully saturated rings. The minimum atomic E-state index is 0. The van der Waals surface area contributed by atoms with Gasteiger partial charge in [-0.25, -0.2) is 0 Å². The van der Waals surface area contributed by atoms with Crippen molar-refractivity contribution in [2.24, 2.45) is 10.9 Å². The average Bonchev–Trinajstić information content (AvgIpc) is 2.70. The van der Waals surface area contributed by atoms with Gasteiger partial charge in [-0.05, 0) is 24.0 Å². The minimum Gasteiger partial charge on any atom is -0.379 e. The molecule has 7 heteroatoms. The summed E-state index contributed by atoms with van der Waals surface area (Å²) in [6.07, 6.45) is 0. The number of nitrogens with zero attached hydrogens (tertiary/aromatic N) is 2. The van der Waals surface area contributed by atoms with Crippen LogP contribution in [0.15, 0.2) is 29.3 Å². The fraction of sp³-hybridized carbons (Fsp3) is 0.667. The van der Waals surface area contributed by atoms with E-state index < -0.39 is 0 Å². The minimum absolute atomic E-state index is 0. The van der Waals surface area contributed by atoms with E-state index in [9.17, 15) is 0 Å². The maximum Gasteiger partial charge on any atom is 0.191 e. The van der Waals surface area contributed by atoms with Crippen molar-refractivity contribution >= 4 is 29.9 Å². The van der Waals surface area contributed by atoms with Gasteiger partial charge in [-0.3, -0.25) is 9.89 Å². The van der Waals surface area contributed by atoms with Crippen LogP contribution in [-0.2, 0) is 22.6 Å². The van der Waals surface area contributed by atoms with Gasteiger partial charge in [-0.15, -0.1) is 24.0 Å². The SMILES string of the molecule is CCOCc1ccc(CNC(=NC)NCC(C(C)C)N2CCOCC2)cc1.I. The summed E-state index contributed by atoms with van der Waals surface area (Å²) in [5.74, 6) is 1.42. The fourth-order valence-electron chi connectivity index (χ4n) is 3.28. The molecule has 0 spiro atoms. The molecule has 160 valence electrons. The van der Waals surface area contributed by atoms with Crippen molar-refractivity contribution in [3.63, 3.8) is 0 Å². The lowest BCUT2D eigenvalue weighted by atomic mass is 10.0. The highest BCUT2D eigenvalue weighted by Crippen LogP contribution is 2.12. The molecule has 1 unspecified atom stereocenters. The number of morpholine rings is 1. The van der Waals surface area contributed by atoms with Gasteiger partial charge in [-0.2, -0.15) is 0 Å². The standard InChI is InChI=1S/C21H36N4O2.HI/c1-5-26-16-19-8-6-18(7-9-19)14-23-21(22-4)24-15-20(17(2)3)25-10-12-27-13-11-25;/h6-9,17,20H,5,10-16H2,1-4H3,(H2,22,23,24);1H. The number of rotatable bonds is 9. The van der Waals surface area contributed by atoms with Crippen molar-refractivity contribution in [3.05, 3.63) is 35.4 Å². The molecule has 1 aliphatic heterocycles. The summed E-state index contributed by atoms with van der Waals surface area (Å²) in [5.41, 5.74) is 2.43. The molecule has 2 N–H and O–H groups in total. The highest BCUT2D eigenvalue weighted by atomic mass is 127. The third kappa shape index (κ3) is 8.63. The Morgan fingerprint density at radius 2 is 1.79 bits per heavy atom. The number of guanidine groups is 1. The van der Waals surface area contributed by atoms with Crippen LogP contribution in [0.25, 0.3) is 0 Å². The Morgan fingerprint density at radius 3 is 2.36 bits per heavy atom. The Labute approximate surface area is 187 Å². The molecular formula is C21H37IN4O2. The summed E-state index contributed by atoms with van der Waals surface area (Å²) < 4.78 is 10.9. The molecule has 1 aromatic carbocycles. The number of nitrogens with one attached hydrogen (secondary N) is 2. The fourth-order valence-corrected chi connectivity index (χ4v) is 3.28. The molecule has 28 heavy (non-hydrogen) atoms. The first-order chi connectivity index (χ1) is 13.1. The zero-order valence-electron chi connectivity index (χ0n) is 17.7. The molecule has 0 saturated carbocycles. The quantitative estimate of drug-likeness (QED) is 0.308. The van der Waals surface area contributed by atoms with E-state index in [1.54, 1.807) is 0 Å². The molecular weight excluding hydrogens is 467 g/mol. The summed E-state index contributed by atoms with van der Waals surface area (Å²) in [4.78, 5) is 6.89. The highest BCUT2D eigenvalue weighted by Gasteiger charge is 2.23. The van der Waals surface area contributed by atoms with Crippen molar-refractivity contribution in [1.82, 2.24) is 15.5 Å². The van der Waals surface area contributed by atoms with Crippen molar-refractivity contribution < 1.29 is 9.47 Å². The van der Waals surface area contributed by atoms with Crippen LogP contribution in [0.2, 0.25) is 0 Å². The molecule has 0 bridgehead atoms. The molecule has 1 atom stereocenters. The van der Waals surface area contributed by atoms with Crippen LogP contribution in [0.1, 0.15) is 31.9 Å². The van der Waals surface area contributed by atoms with Gasteiger partial charge >= 0.3 is 0 Å². The Kier molecular flexibility index (Phi) is 12.7. The first-order valence-electron chi connectivity index (χ1n) is 10.1. The smallest absolute Gasteiger partial charge is 0.191 e. The lowest BCUT2D eigenvalue weighted by Gasteiger charge is -2.37. The number of hydrogen-bond acceptors (Lipinski definition) is 4. The van der Waals surface area contributed by atoms with Crippen molar-refractivity contribution in [3.8, 4) is 0 Å². The molecule has 6 nitrogen and oxygen atoms in total. The summed E-state index contributed by atoms with van der Waals surface area (Å²) >= 11 is 0. The van der Waals surface area contributed by atoms with E-state index in [1.165, 1.54) is 11.1 Å². The van der Waals surface area contributed by atoms with Gasteiger partial charge in [0.2, 0.25) is 0 Å². The Balaban J connectivity index is 0.00000392. The predicted molar refractivity (Wildman–Crippen MR) is 126 cm³/mol. The highest BCUT2D eigenvalue weighted by molar-refractivity contribution is 14.0. The second kappa shape index (κ2) is 14.1. The Hall–Kier alpha value is -0.900. The van der Waals surface area contributed by atoms with Crippen molar-refractivity contribution in [2.45, 2.75) is 40.0 Å². The second-order valence-corrected chi connectivity index (χ2v) is 7.22. The van der Waals surface area contributed by atoms with Gasteiger partial charge < -0.3 is 20.1 Å². The lowest BCUT2D eigenvalue weighted by molar-refractivity contribution is 0.00752. The van der Waals surface area contributed by atoms with Gasteiger partial charge in [0.25, 0.3) is 0 Å². The van der Waals surface area contributed by atoms with E-state index in [0.29, 0.717) is 18.6 Å². The molecule has 2 rings (SSSR count). The van der Waals surface area contributed by atoms with E-state index in [1.807, 2.05) is 14.0 Å². The van der Waals surface area contributed by atoms with Gasteiger partial charge in [0.1, 0.15) is 0 Å². The van der Waals surface area contributed by atoms with Crippen LogP contribution in [0.5, 0.6) is 0 Å². The lowest BCUT2D eigenvalue weighted by Crippen LogP contribution is -2.52. The number of aliphatic imine (C=N–C) groups is 1. The maximum atomic E-state index is 5.49. The normalized spacial score (nSPS) is 16.5. The van der Waals surface area contributed by atoms with Gasteiger partial charge in [0.15, 0.2) is 5.96 Å². The van der Waals surface area contributed by atoms with E-state index in [0.717, 1.165) is 52.0 Å². The van der Waals surface area contributed by atoms with Crippen molar-refractivity contribution in [1.29, 1.82) is 0 Å². The van der Waals surface area contributed by atoms with E-state index in [-0.39, 0.29) is 24.0 Å². The van der Waals surface area contributed by atoms with Gasteiger partial charge in [0.05, 0.1) is 19.8 Å². The van der Waals surface area contributed by atoms with Crippen LogP contribution >= 0.6 is 24.0 Å². The van der Waals surface area contributed by atoms with E-state index >= 15 is 0 Å². The van der Waals surface area contributed by atoms with Crippen molar-refractivity contribution in [2.75, 3.05) is 46.5 Å². The van der Waals surface area contributed by atoms with Crippen LogP contribution in [0.4, 0.5) is 0 Å². The van der Waals surface area contributed by atoms with Crippen LogP contribution in [0.3, 0.4) is 0 Å². The first-order valence-corrected chi connectivity index (χ1v) is 10.1. The van der Waals surface area contributed by atoms with E-state index in [2.05, 4.69) is 58.6 Å². The second-order valence-electron chi connectivity index (χ2n) is 7.22. The van der Waals surface area contributed by atoms with Gasteiger partial charge in [0, 0.05) is 45.9 Å². The maximum absolute atomic E-state index is 5.49. The van der Waals surface area contributed by atoms with Crippen LogP contribution < -0.4 is 10.6 Å². The number of hydrogen-bond donors (Lipinski definition) is 2. The third-order valence-electron chi connectivity index (χ3n) is 4.94. The van der Waals surface area contributed by atoms with Crippen LogP contribution in [0, 0.1) is 5.92 Å². The molecule has 1 heterocycles. The monoisotopic (exact) mass is 504 g/mol. The molecule has 1 saturated heterocycles. The summed E-state index contributed by atoms with van der Waals surface area (Å²) in [5, 5.41) is 6.90. The number of halogens is 1. The molecule has 0 radical (unpaired) electrons. The zero-order chi connectivity index (χ0) is 19.5.